The van der Waals surface area contributed by atoms with Crippen molar-refractivity contribution in [2.75, 3.05) is 35.0 Å². The van der Waals surface area contributed by atoms with E-state index in [9.17, 15) is 14.7 Å². The average Bonchev–Trinajstić information content (AvgIpc) is 3.20. The van der Waals surface area contributed by atoms with Crippen LogP contribution in [0.15, 0.2) is 66.2 Å². The van der Waals surface area contributed by atoms with Gasteiger partial charge in [-0.2, -0.15) is 0 Å². The Morgan fingerprint density at radius 2 is 1.53 bits per heavy atom. The summed E-state index contributed by atoms with van der Waals surface area (Å²) in [5.41, 5.74) is 1.58. The van der Waals surface area contributed by atoms with Crippen LogP contribution in [-0.4, -0.2) is 56.7 Å². The van der Waals surface area contributed by atoms with Crippen molar-refractivity contribution in [2.24, 2.45) is 0 Å². The maximum Gasteiger partial charge on any atom is 0.295 e. The molecule has 9 heteroatoms. The third kappa shape index (κ3) is 4.99. The van der Waals surface area contributed by atoms with E-state index in [2.05, 4.69) is 0 Å². The molecule has 1 heterocycles. The van der Waals surface area contributed by atoms with Crippen molar-refractivity contribution in [1.29, 1.82) is 0 Å². The number of amides is 1. The Hall–Kier alpha value is -4.17. The topological polar surface area (TPSA) is 94.5 Å². The first-order chi connectivity index (χ1) is 18.3. The van der Waals surface area contributed by atoms with Gasteiger partial charge in [0.1, 0.15) is 28.8 Å². The monoisotopic (exact) mass is 537 g/mol. The van der Waals surface area contributed by atoms with Crippen molar-refractivity contribution in [3.05, 3.63) is 87.9 Å². The van der Waals surface area contributed by atoms with E-state index >= 15 is 0 Å². The van der Waals surface area contributed by atoms with Crippen LogP contribution in [0.25, 0.3) is 5.76 Å². The zero-order valence-electron chi connectivity index (χ0n) is 21.5. The highest BCUT2D eigenvalue weighted by molar-refractivity contribution is 6.46. The van der Waals surface area contributed by atoms with Gasteiger partial charge in [-0.05, 0) is 36.2 Å². The molecule has 0 radical (unpaired) electrons. The van der Waals surface area contributed by atoms with Crippen LogP contribution in [0.4, 0.5) is 0 Å². The molecule has 0 saturated carbocycles. The van der Waals surface area contributed by atoms with Crippen LogP contribution < -0.4 is 18.9 Å². The summed E-state index contributed by atoms with van der Waals surface area (Å²) >= 11 is 6.34. The van der Waals surface area contributed by atoms with E-state index in [1.54, 1.807) is 31.4 Å². The van der Waals surface area contributed by atoms with Gasteiger partial charge < -0.3 is 29.0 Å². The number of hydrogen-bond acceptors (Lipinski definition) is 7. The Morgan fingerprint density at radius 1 is 0.868 bits per heavy atom. The number of methoxy groups -OCH3 is 4. The van der Waals surface area contributed by atoms with Crippen LogP contribution in [-0.2, 0) is 16.0 Å². The summed E-state index contributed by atoms with van der Waals surface area (Å²) in [6.07, 6.45) is 0.473. The molecule has 0 bridgehead atoms. The van der Waals surface area contributed by atoms with Gasteiger partial charge in [-0.3, -0.25) is 9.59 Å². The normalized spacial score (nSPS) is 16.4. The van der Waals surface area contributed by atoms with E-state index in [4.69, 9.17) is 30.5 Å². The summed E-state index contributed by atoms with van der Waals surface area (Å²) in [6.45, 7) is 0.219. The Balaban J connectivity index is 1.85. The van der Waals surface area contributed by atoms with Crippen molar-refractivity contribution in [3.8, 4) is 23.0 Å². The van der Waals surface area contributed by atoms with Gasteiger partial charge in [0.2, 0.25) is 0 Å². The molecule has 0 spiro atoms. The molecule has 198 valence electrons. The highest BCUT2D eigenvalue weighted by Gasteiger charge is 2.47. The van der Waals surface area contributed by atoms with Crippen LogP contribution in [0.1, 0.15) is 22.7 Å². The van der Waals surface area contributed by atoms with Crippen LogP contribution >= 0.6 is 11.6 Å². The summed E-state index contributed by atoms with van der Waals surface area (Å²) in [7, 11) is 5.97. The minimum Gasteiger partial charge on any atom is -0.507 e. The smallest absolute Gasteiger partial charge is 0.295 e. The maximum absolute atomic E-state index is 13.5. The first-order valence-electron chi connectivity index (χ1n) is 11.8. The predicted molar refractivity (Wildman–Crippen MR) is 143 cm³/mol. The van der Waals surface area contributed by atoms with Gasteiger partial charge in [-0.25, -0.2) is 0 Å². The maximum atomic E-state index is 13.5. The van der Waals surface area contributed by atoms with Crippen molar-refractivity contribution in [3.63, 3.8) is 0 Å². The average molecular weight is 538 g/mol. The summed E-state index contributed by atoms with van der Waals surface area (Å²) < 4.78 is 21.5. The number of ether oxygens (including phenoxy) is 4. The molecule has 3 aromatic rings. The van der Waals surface area contributed by atoms with E-state index in [0.717, 1.165) is 11.3 Å². The molecule has 1 fully saturated rings. The van der Waals surface area contributed by atoms with E-state index in [1.807, 2.05) is 24.3 Å². The number of carbonyl (C=O) groups is 2. The summed E-state index contributed by atoms with van der Waals surface area (Å²) in [4.78, 5) is 28.3. The van der Waals surface area contributed by atoms with Gasteiger partial charge in [-0.1, -0.05) is 41.9 Å². The second kappa shape index (κ2) is 11.5. The van der Waals surface area contributed by atoms with Gasteiger partial charge in [0, 0.05) is 18.2 Å². The van der Waals surface area contributed by atoms with Crippen molar-refractivity contribution >= 4 is 29.1 Å². The molecule has 1 unspecified atom stereocenters. The van der Waals surface area contributed by atoms with Crippen LogP contribution in [0, 0.1) is 0 Å². The van der Waals surface area contributed by atoms with Gasteiger partial charge in [0.25, 0.3) is 11.7 Å². The fraction of sp³-hybridized carbons (Fsp3) is 0.241. The first-order valence-corrected chi connectivity index (χ1v) is 12.2. The lowest BCUT2D eigenvalue weighted by atomic mass is 9.94. The Morgan fingerprint density at radius 3 is 2.16 bits per heavy atom. The van der Waals surface area contributed by atoms with Gasteiger partial charge in [0.05, 0.1) is 50.6 Å². The summed E-state index contributed by atoms with van der Waals surface area (Å²) in [5.74, 6) is -0.202. The molecule has 38 heavy (non-hydrogen) atoms. The van der Waals surface area contributed by atoms with E-state index in [-0.39, 0.29) is 28.5 Å². The van der Waals surface area contributed by atoms with Gasteiger partial charge >= 0.3 is 0 Å². The van der Waals surface area contributed by atoms with E-state index in [0.29, 0.717) is 23.5 Å². The Bertz CT molecular complexity index is 1380. The lowest BCUT2D eigenvalue weighted by molar-refractivity contribution is -0.139. The fourth-order valence-corrected chi connectivity index (χ4v) is 4.80. The number of para-hydroxylation sites is 1. The molecular weight excluding hydrogens is 510 g/mol. The number of aliphatic hydroxyl groups excluding tert-OH is 1. The predicted octanol–water partition coefficient (Wildman–Crippen LogP) is 5.04. The molecule has 1 amide bonds. The molecule has 3 aromatic carbocycles. The second-order valence-corrected chi connectivity index (χ2v) is 8.93. The lowest BCUT2D eigenvalue weighted by Crippen LogP contribution is -2.31. The third-order valence-corrected chi connectivity index (χ3v) is 6.80. The Labute approximate surface area is 225 Å². The largest absolute Gasteiger partial charge is 0.507 e. The van der Waals surface area contributed by atoms with E-state index < -0.39 is 23.5 Å². The van der Waals surface area contributed by atoms with Crippen LogP contribution in [0.3, 0.4) is 0 Å². The summed E-state index contributed by atoms with van der Waals surface area (Å²) in [5, 5.41) is 11.7. The molecular formula is C29H28ClNO7. The molecule has 1 N–H and O–H groups in total. The number of aliphatic hydroxyl groups is 1. The fourth-order valence-electron chi connectivity index (χ4n) is 4.56. The number of halogens is 1. The standard InChI is InChI=1S/C29H28ClNO7/c1-35-18-11-9-17(10-12-18)13-14-31-26(19-7-5-6-8-22(19)36-2)25(28(33)29(31)34)27(32)20-15-21(30)24(38-4)16-23(20)37-3/h5-12,15-16,26,32H,13-14H2,1-4H3/b27-25+. The van der Waals surface area contributed by atoms with Gasteiger partial charge in [0.15, 0.2) is 0 Å². The number of nitrogens with zero attached hydrogens (tertiary/aromatic N) is 1. The molecule has 0 aliphatic carbocycles. The molecule has 0 aromatic heterocycles. The SMILES string of the molecule is COc1ccc(CCN2C(=O)C(=O)/C(=C(/O)c3cc(Cl)c(OC)cc3OC)C2c2ccccc2OC)cc1. The molecule has 4 rings (SSSR count). The molecule has 1 aliphatic rings. The number of rotatable bonds is 9. The molecule has 8 nitrogen and oxygen atoms in total. The number of Topliss-reactive ketones (excluding diaryl/α,β-unsaturated/α-hetero) is 1. The minimum absolute atomic E-state index is 0.0891. The minimum atomic E-state index is -0.907. The molecule has 1 aliphatic heterocycles. The number of carbonyl (C=O) groups excluding carboxylic acids is 2. The molecule has 1 saturated heterocycles. The highest BCUT2D eigenvalue weighted by atomic mass is 35.5. The summed E-state index contributed by atoms with van der Waals surface area (Å²) in [6, 6.07) is 16.6. The first kappa shape index (κ1) is 26.9. The van der Waals surface area contributed by atoms with Crippen molar-refractivity contribution in [1.82, 2.24) is 4.90 Å². The van der Waals surface area contributed by atoms with Gasteiger partial charge in [-0.15, -0.1) is 0 Å². The second-order valence-electron chi connectivity index (χ2n) is 8.52. The number of benzene rings is 3. The van der Waals surface area contributed by atoms with Crippen LogP contribution in [0.5, 0.6) is 23.0 Å². The zero-order chi connectivity index (χ0) is 27.4. The molecule has 1 atom stereocenters. The van der Waals surface area contributed by atoms with E-state index in [1.165, 1.54) is 38.4 Å². The highest BCUT2D eigenvalue weighted by Crippen LogP contribution is 2.45. The number of hydrogen-bond donors (Lipinski definition) is 1. The zero-order valence-corrected chi connectivity index (χ0v) is 22.2. The number of ketones is 1. The van der Waals surface area contributed by atoms with Crippen molar-refractivity contribution < 1.29 is 33.6 Å². The lowest BCUT2D eigenvalue weighted by Gasteiger charge is -2.27. The third-order valence-electron chi connectivity index (χ3n) is 6.50. The van der Waals surface area contributed by atoms with Crippen LogP contribution in [0.2, 0.25) is 5.02 Å². The quantitative estimate of drug-likeness (QED) is 0.232. The Kier molecular flexibility index (Phi) is 8.12. The number of likely N-dealkylation sites (tertiary alicyclic amines) is 1. The van der Waals surface area contributed by atoms with Crippen molar-refractivity contribution in [2.45, 2.75) is 12.5 Å².